The SMILES string of the molecule is COc1ccc(NC(=O)C(c2ccccc2)c2ccccc2)cc1S(N)(=O)=O. The van der Waals surface area contributed by atoms with Gasteiger partial charge in [-0.2, -0.15) is 0 Å². The molecule has 28 heavy (non-hydrogen) atoms. The zero-order valence-electron chi connectivity index (χ0n) is 15.2. The smallest absolute Gasteiger partial charge is 0.241 e. The lowest BCUT2D eigenvalue weighted by Gasteiger charge is -2.18. The van der Waals surface area contributed by atoms with Gasteiger partial charge < -0.3 is 10.1 Å². The molecule has 0 radical (unpaired) electrons. The van der Waals surface area contributed by atoms with Crippen LogP contribution in [0.2, 0.25) is 0 Å². The largest absolute Gasteiger partial charge is 0.495 e. The van der Waals surface area contributed by atoms with E-state index in [4.69, 9.17) is 9.88 Å². The summed E-state index contributed by atoms with van der Waals surface area (Å²) < 4.78 is 28.7. The molecule has 0 aromatic heterocycles. The van der Waals surface area contributed by atoms with Crippen LogP contribution in [-0.2, 0) is 14.8 Å². The van der Waals surface area contributed by atoms with Crippen molar-refractivity contribution in [3.63, 3.8) is 0 Å². The molecule has 0 atom stereocenters. The maximum Gasteiger partial charge on any atom is 0.241 e. The molecule has 3 aromatic carbocycles. The van der Waals surface area contributed by atoms with Gasteiger partial charge in [-0.3, -0.25) is 4.79 Å². The molecule has 0 unspecified atom stereocenters. The van der Waals surface area contributed by atoms with Crippen LogP contribution in [0.5, 0.6) is 5.75 Å². The number of benzene rings is 3. The van der Waals surface area contributed by atoms with Crippen molar-refractivity contribution in [2.24, 2.45) is 5.14 Å². The maximum atomic E-state index is 13.1. The minimum Gasteiger partial charge on any atom is -0.495 e. The number of primary sulfonamides is 1. The van der Waals surface area contributed by atoms with Gasteiger partial charge in [0.25, 0.3) is 0 Å². The average molecular weight is 396 g/mol. The van der Waals surface area contributed by atoms with Crippen molar-refractivity contribution in [3.05, 3.63) is 90.0 Å². The van der Waals surface area contributed by atoms with Crippen LogP contribution in [0.4, 0.5) is 5.69 Å². The molecular weight excluding hydrogens is 376 g/mol. The second kappa shape index (κ2) is 8.24. The number of hydrogen-bond donors (Lipinski definition) is 2. The molecular formula is C21H20N2O4S. The molecule has 0 spiro atoms. The Morgan fingerprint density at radius 3 is 1.93 bits per heavy atom. The van der Waals surface area contributed by atoms with E-state index < -0.39 is 15.9 Å². The first-order valence-electron chi connectivity index (χ1n) is 8.52. The van der Waals surface area contributed by atoms with Gasteiger partial charge >= 0.3 is 0 Å². The lowest BCUT2D eigenvalue weighted by Crippen LogP contribution is -2.22. The Labute approximate surface area is 164 Å². The van der Waals surface area contributed by atoms with E-state index in [1.807, 2.05) is 60.7 Å². The predicted octanol–water partition coefficient (Wildman–Crippen LogP) is 3.11. The second-order valence-electron chi connectivity index (χ2n) is 6.15. The molecule has 1 amide bonds. The summed E-state index contributed by atoms with van der Waals surface area (Å²) in [6.07, 6.45) is 0. The first-order valence-corrected chi connectivity index (χ1v) is 10.1. The molecule has 144 valence electrons. The molecule has 7 heteroatoms. The topological polar surface area (TPSA) is 98.5 Å². The van der Waals surface area contributed by atoms with Crippen LogP contribution in [0.3, 0.4) is 0 Å². The van der Waals surface area contributed by atoms with E-state index >= 15 is 0 Å². The summed E-state index contributed by atoms with van der Waals surface area (Å²) >= 11 is 0. The molecule has 0 saturated heterocycles. The standard InChI is InChI=1S/C21H20N2O4S/c1-27-18-13-12-17(14-19(18)28(22,25)26)23-21(24)20(15-8-4-2-5-9-15)16-10-6-3-7-11-16/h2-14,20H,1H3,(H,23,24)(H2,22,25,26). The number of ether oxygens (including phenoxy) is 1. The highest BCUT2D eigenvalue weighted by Crippen LogP contribution is 2.29. The van der Waals surface area contributed by atoms with E-state index in [2.05, 4.69) is 5.32 Å². The number of methoxy groups -OCH3 is 1. The number of carbonyl (C=O) groups excluding carboxylic acids is 1. The minimum atomic E-state index is -4.00. The Hall–Kier alpha value is -3.16. The molecule has 0 fully saturated rings. The molecule has 0 heterocycles. The number of sulfonamides is 1. The van der Waals surface area contributed by atoms with Crippen molar-refractivity contribution in [1.82, 2.24) is 0 Å². The monoisotopic (exact) mass is 396 g/mol. The van der Waals surface area contributed by atoms with E-state index in [1.54, 1.807) is 6.07 Å². The Kier molecular flexibility index (Phi) is 5.77. The molecule has 6 nitrogen and oxygen atoms in total. The van der Waals surface area contributed by atoms with Gasteiger partial charge in [0.1, 0.15) is 10.6 Å². The van der Waals surface area contributed by atoms with Crippen molar-refractivity contribution >= 4 is 21.6 Å². The number of nitrogens with two attached hydrogens (primary N) is 1. The summed E-state index contributed by atoms with van der Waals surface area (Å²) in [4.78, 5) is 12.9. The van der Waals surface area contributed by atoms with E-state index in [-0.39, 0.29) is 16.6 Å². The molecule has 3 N–H and O–H groups in total. The van der Waals surface area contributed by atoms with Crippen molar-refractivity contribution in [3.8, 4) is 5.75 Å². The van der Waals surface area contributed by atoms with Gasteiger partial charge in [0.15, 0.2) is 0 Å². The minimum absolute atomic E-state index is 0.114. The number of amides is 1. The van der Waals surface area contributed by atoms with Gasteiger partial charge in [-0.25, -0.2) is 13.6 Å². The van der Waals surface area contributed by atoms with Gasteiger partial charge in [0.2, 0.25) is 15.9 Å². The molecule has 3 aromatic rings. The van der Waals surface area contributed by atoms with Crippen molar-refractivity contribution in [1.29, 1.82) is 0 Å². The second-order valence-corrected chi connectivity index (χ2v) is 7.68. The summed E-state index contributed by atoms with van der Waals surface area (Å²) in [5.41, 5.74) is 1.96. The summed E-state index contributed by atoms with van der Waals surface area (Å²) in [5.74, 6) is -0.728. The van der Waals surface area contributed by atoms with Crippen molar-refractivity contribution in [2.75, 3.05) is 12.4 Å². The lowest BCUT2D eigenvalue weighted by molar-refractivity contribution is -0.116. The Bertz CT molecular complexity index is 1030. The molecule has 0 aliphatic carbocycles. The summed E-state index contributed by atoms with van der Waals surface area (Å²) in [7, 11) is -2.65. The van der Waals surface area contributed by atoms with E-state index in [0.717, 1.165) is 11.1 Å². The Balaban J connectivity index is 1.97. The molecule has 0 aliphatic heterocycles. The highest BCUT2D eigenvalue weighted by Gasteiger charge is 2.23. The number of hydrogen-bond acceptors (Lipinski definition) is 4. The third-order valence-electron chi connectivity index (χ3n) is 4.27. The van der Waals surface area contributed by atoms with E-state index in [0.29, 0.717) is 5.69 Å². The van der Waals surface area contributed by atoms with Gasteiger partial charge in [0, 0.05) is 5.69 Å². The van der Waals surface area contributed by atoms with E-state index in [9.17, 15) is 13.2 Å². The van der Waals surface area contributed by atoms with Crippen LogP contribution in [0, 0.1) is 0 Å². The summed E-state index contributed by atoms with van der Waals surface area (Å²) in [6, 6.07) is 23.0. The normalized spacial score (nSPS) is 11.2. The highest BCUT2D eigenvalue weighted by atomic mass is 32.2. The number of carbonyl (C=O) groups is 1. The Morgan fingerprint density at radius 1 is 0.929 bits per heavy atom. The van der Waals surface area contributed by atoms with Crippen LogP contribution in [-0.4, -0.2) is 21.4 Å². The maximum absolute atomic E-state index is 13.1. The summed E-state index contributed by atoms with van der Waals surface area (Å²) in [6.45, 7) is 0. The van der Waals surface area contributed by atoms with Crippen molar-refractivity contribution < 1.29 is 17.9 Å². The third kappa shape index (κ3) is 4.39. The van der Waals surface area contributed by atoms with Crippen LogP contribution >= 0.6 is 0 Å². The molecule has 3 rings (SSSR count). The quantitative estimate of drug-likeness (QED) is 0.669. The predicted molar refractivity (Wildman–Crippen MR) is 108 cm³/mol. The first-order chi connectivity index (χ1) is 13.4. The van der Waals surface area contributed by atoms with Crippen LogP contribution in [0.1, 0.15) is 17.0 Å². The summed E-state index contributed by atoms with van der Waals surface area (Å²) in [5, 5.41) is 8.04. The number of nitrogens with one attached hydrogen (secondary N) is 1. The fourth-order valence-electron chi connectivity index (χ4n) is 2.98. The molecule has 0 aliphatic rings. The van der Waals surface area contributed by atoms with Crippen LogP contribution in [0.25, 0.3) is 0 Å². The van der Waals surface area contributed by atoms with Crippen LogP contribution in [0.15, 0.2) is 83.8 Å². The Morgan fingerprint density at radius 2 is 1.46 bits per heavy atom. The molecule has 0 bridgehead atoms. The van der Waals surface area contributed by atoms with Gasteiger partial charge in [-0.15, -0.1) is 0 Å². The highest BCUT2D eigenvalue weighted by molar-refractivity contribution is 7.89. The third-order valence-corrected chi connectivity index (χ3v) is 5.20. The zero-order valence-corrected chi connectivity index (χ0v) is 16.0. The van der Waals surface area contributed by atoms with Gasteiger partial charge in [-0.1, -0.05) is 60.7 Å². The fourth-order valence-corrected chi connectivity index (χ4v) is 3.70. The molecule has 0 saturated carbocycles. The van der Waals surface area contributed by atoms with Gasteiger partial charge in [0.05, 0.1) is 13.0 Å². The van der Waals surface area contributed by atoms with Crippen LogP contribution < -0.4 is 15.2 Å². The van der Waals surface area contributed by atoms with Gasteiger partial charge in [-0.05, 0) is 29.3 Å². The number of anilines is 1. The number of rotatable bonds is 6. The first kappa shape index (κ1) is 19.6. The van der Waals surface area contributed by atoms with Crippen molar-refractivity contribution in [2.45, 2.75) is 10.8 Å². The fraction of sp³-hybridized carbons (Fsp3) is 0.0952. The zero-order chi connectivity index (χ0) is 20.1. The lowest BCUT2D eigenvalue weighted by atomic mass is 9.90. The van der Waals surface area contributed by atoms with E-state index in [1.165, 1.54) is 19.2 Å². The average Bonchev–Trinajstić information content (AvgIpc) is 2.69.